The fourth-order valence-electron chi connectivity index (χ4n) is 4.80. The van der Waals surface area contributed by atoms with Crippen LogP contribution in [0.5, 0.6) is 5.88 Å². The van der Waals surface area contributed by atoms with Crippen LogP contribution in [0.1, 0.15) is 33.9 Å². The predicted molar refractivity (Wildman–Crippen MR) is 118 cm³/mol. The highest BCUT2D eigenvalue weighted by molar-refractivity contribution is 6.31. The van der Waals surface area contributed by atoms with Crippen molar-refractivity contribution in [2.45, 2.75) is 19.4 Å². The number of hydrogen-bond acceptors (Lipinski definition) is 5. The largest absolute Gasteiger partial charge is 0.480 e. The van der Waals surface area contributed by atoms with E-state index in [0.29, 0.717) is 41.4 Å². The predicted octanol–water partition coefficient (Wildman–Crippen LogP) is 2.67. The highest BCUT2D eigenvalue weighted by Crippen LogP contribution is 2.38. The monoisotopic (exact) mass is 442 g/mol. The van der Waals surface area contributed by atoms with Gasteiger partial charge in [-0.15, -0.1) is 0 Å². The van der Waals surface area contributed by atoms with E-state index in [2.05, 4.69) is 9.88 Å². The molecule has 2 N–H and O–H groups in total. The number of hydrogen-bond donors (Lipinski definition) is 1. The molecule has 2 saturated heterocycles. The van der Waals surface area contributed by atoms with E-state index < -0.39 is 0 Å². The molecule has 8 heteroatoms. The zero-order valence-electron chi connectivity index (χ0n) is 17.8. The molecule has 1 aromatic heterocycles. The van der Waals surface area contributed by atoms with E-state index in [0.717, 1.165) is 24.2 Å². The number of ether oxygens (including phenoxy) is 1. The van der Waals surface area contributed by atoms with Gasteiger partial charge in [-0.1, -0.05) is 23.7 Å². The zero-order chi connectivity index (χ0) is 22.1. The fraction of sp³-hybridized carbons (Fsp3) is 0.435. The number of nitrogens with two attached hydrogens (primary N) is 1. The number of likely N-dealkylation sites (tertiary alicyclic amines) is 2. The second-order valence-corrected chi connectivity index (χ2v) is 8.85. The van der Waals surface area contributed by atoms with E-state index in [-0.39, 0.29) is 24.3 Å². The molecule has 2 aromatic rings. The van der Waals surface area contributed by atoms with Crippen molar-refractivity contribution < 1.29 is 14.3 Å². The molecule has 3 heterocycles. The van der Waals surface area contributed by atoms with Gasteiger partial charge in [0, 0.05) is 49.9 Å². The molecule has 0 spiro atoms. The Morgan fingerprint density at radius 3 is 2.55 bits per heavy atom. The van der Waals surface area contributed by atoms with Crippen LogP contribution in [0.25, 0.3) is 0 Å². The van der Waals surface area contributed by atoms with Crippen molar-refractivity contribution in [3.8, 4) is 5.88 Å². The van der Waals surface area contributed by atoms with E-state index >= 15 is 0 Å². The fourth-order valence-corrected chi connectivity index (χ4v) is 4.99. The van der Waals surface area contributed by atoms with Crippen LogP contribution in [0.2, 0.25) is 5.02 Å². The first-order chi connectivity index (χ1) is 14.9. The van der Waals surface area contributed by atoms with Crippen LogP contribution in [0.15, 0.2) is 36.5 Å². The molecule has 0 radical (unpaired) electrons. The summed E-state index contributed by atoms with van der Waals surface area (Å²) in [5, 5.41) is 0.688. The second-order valence-electron chi connectivity index (χ2n) is 8.44. The number of amides is 2. The van der Waals surface area contributed by atoms with Crippen molar-refractivity contribution in [1.29, 1.82) is 0 Å². The van der Waals surface area contributed by atoms with E-state index in [4.69, 9.17) is 22.1 Å². The number of primary amides is 1. The Morgan fingerprint density at radius 2 is 1.94 bits per heavy atom. The molecule has 7 nitrogen and oxygen atoms in total. The summed E-state index contributed by atoms with van der Waals surface area (Å²) in [4.78, 5) is 33.2. The van der Waals surface area contributed by atoms with Gasteiger partial charge < -0.3 is 15.4 Å². The molecule has 2 aliphatic heterocycles. The highest BCUT2D eigenvalue weighted by Gasteiger charge is 2.44. The lowest BCUT2D eigenvalue weighted by molar-refractivity contribution is -0.119. The van der Waals surface area contributed by atoms with E-state index in [1.807, 2.05) is 30.0 Å². The molecule has 164 valence electrons. The molecule has 4 rings (SSSR count). The maximum absolute atomic E-state index is 13.0. The second kappa shape index (κ2) is 8.85. The molecule has 0 bridgehead atoms. The summed E-state index contributed by atoms with van der Waals surface area (Å²) in [6.45, 7) is 4.93. The van der Waals surface area contributed by atoms with Crippen LogP contribution in [-0.4, -0.2) is 59.9 Å². The zero-order valence-corrected chi connectivity index (χ0v) is 18.5. The summed E-state index contributed by atoms with van der Waals surface area (Å²) in [5.74, 6) is 0.666. The average Bonchev–Trinajstić information content (AvgIpc) is 3.32. The molecule has 0 aliphatic carbocycles. The van der Waals surface area contributed by atoms with Crippen LogP contribution in [-0.2, 0) is 4.79 Å². The van der Waals surface area contributed by atoms with Crippen molar-refractivity contribution in [2.75, 3.05) is 33.3 Å². The minimum Gasteiger partial charge on any atom is -0.480 e. The van der Waals surface area contributed by atoms with Crippen LogP contribution >= 0.6 is 11.6 Å². The molecule has 31 heavy (non-hydrogen) atoms. The van der Waals surface area contributed by atoms with Crippen LogP contribution < -0.4 is 10.5 Å². The first-order valence-electron chi connectivity index (χ1n) is 10.4. The van der Waals surface area contributed by atoms with Gasteiger partial charge in [0.2, 0.25) is 11.8 Å². The number of benzene rings is 1. The number of aromatic nitrogens is 1. The molecule has 2 amide bonds. The van der Waals surface area contributed by atoms with Crippen molar-refractivity contribution in [3.05, 3.63) is 58.2 Å². The van der Waals surface area contributed by atoms with E-state index in [1.54, 1.807) is 18.3 Å². The Bertz CT molecular complexity index is 985. The number of carbonyl (C=O) groups excluding carboxylic acids is 2. The van der Waals surface area contributed by atoms with Crippen LogP contribution in [0.3, 0.4) is 0 Å². The molecule has 2 aliphatic rings. The smallest absolute Gasteiger partial charge is 0.259 e. The topological polar surface area (TPSA) is 88.8 Å². The van der Waals surface area contributed by atoms with Crippen molar-refractivity contribution in [3.63, 3.8) is 0 Å². The van der Waals surface area contributed by atoms with Crippen molar-refractivity contribution >= 4 is 23.4 Å². The standard InChI is InChI=1S/C23H27ClN4O3/c1-14-5-6-15(8-19(14)24)20(9-21(25)29)27-10-16-12-28(13-17(16)11-27)23(30)18-4-3-7-26-22(18)31-2/h3-8,16-17,20H,9-13H2,1-2H3,(H2,25,29). The number of pyridine rings is 1. The van der Waals surface area contributed by atoms with Crippen molar-refractivity contribution in [1.82, 2.24) is 14.8 Å². The van der Waals surface area contributed by atoms with Gasteiger partial charge in [-0.3, -0.25) is 14.5 Å². The molecule has 3 unspecified atom stereocenters. The third kappa shape index (κ3) is 4.38. The Hall–Kier alpha value is -2.64. The number of nitrogens with zero attached hydrogens (tertiary/aromatic N) is 3. The SMILES string of the molecule is COc1ncccc1C(=O)N1CC2CN(C(CC(N)=O)c3ccc(C)c(Cl)c3)CC2C1. The van der Waals surface area contributed by atoms with Crippen molar-refractivity contribution in [2.24, 2.45) is 17.6 Å². The summed E-state index contributed by atoms with van der Waals surface area (Å²) in [7, 11) is 1.52. The molecule has 0 saturated carbocycles. The number of aryl methyl sites for hydroxylation is 1. The Kier molecular flexibility index (Phi) is 6.16. The third-order valence-electron chi connectivity index (χ3n) is 6.41. The Labute approximate surface area is 187 Å². The minimum atomic E-state index is -0.334. The summed E-state index contributed by atoms with van der Waals surface area (Å²) in [6, 6.07) is 9.32. The normalized spacial score (nSPS) is 21.7. The van der Waals surface area contributed by atoms with Crippen LogP contribution in [0, 0.1) is 18.8 Å². The van der Waals surface area contributed by atoms with Gasteiger partial charge in [-0.25, -0.2) is 4.98 Å². The molecular weight excluding hydrogens is 416 g/mol. The molecule has 3 atom stereocenters. The van der Waals surface area contributed by atoms with Gasteiger partial charge in [-0.05, 0) is 48.1 Å². The third-order valence-corrected chi connectivity index (χ3v) is 6.82. The maximum atomic E-state index is 13.0. The van der Waals surface area contributed by atoms with Gasteiger partial charge >= 0.3 is 0 Å². The Morgan fingerprint density at radius 1 is 1.23 bits per heavy atom. The lowest BCUT2D eigenvalue weighted by Gasteiger charge is -2.29. The minimum absolute atomic E-state index is 0.0510. The maximum Gasteiger partial charge on any atom is 0.259 e. The van der Waals surface area contributed by atoms with Gasteiger partial charge in [0.05, 0.1) is 7.11 Å². The van der Waals surface area contributed by atoms with E-state index in [9.17, 15) is 9.59 Å². The Balaban J connectivity index is 1.47. The number of carbonyl (C=O) groups is 2. The van der Waals surface area contributed by atoms with E-state index in [1.165, 1.54) is 7.11 Å². The summed E-state index contributed by atoms with van der Waals surface area (Å²) >= 11 is 6.34. The molecule has 2 fully saturated rings. The number of fused-ring (bicyclic) bond motifs is 1. The lowest BCUT2D eigenvalue weighted by Crippen LogP contribution is -2.36. The first kappa shape index (κ1) is 21.6. The lowest BCUT2D eigenvalue weighted by atomic mass is 10.0. The van der Waals surface area contributed by atoms with Gasteiger partial charge in [0.25, 0.3) is 5.91 Å². The summed E-state index contributed by atoms with van der Waals surface area (Å²) in [5.41, 5.74) is 8.06. The molecular formula is C23H27ClN4O3. The highest BCUT2D eigenvalue weighted by atomic mass is 35.5. The number of halogens is 1. The van der Waals surface area contributed by atoms with Gasteiger partial charge in [0.1, 0.15) is 5.56 Å². The average molecular weight is 443 g/mol. The summed E-state index contributed by atoms with van der Waals surface area (Å²) in [6.07, 6.45) is 1.86. The number of methoxy groups -OCH3 is 1. The van der Waals surface area contributed by atoms with Crippen LogP contribution in [0.4, 0.5) is 0 Å². The molecule has 1 aromatic carbocycles. The van der Waals surface area contributed by atoms with Gasteiger partial charge in [-0.2, -0.15) is 0 Å². The quantitative estimate of drug-likeness (QED) is 0.742. The number of rotatable bonds is 6. The summed E-state index contributed by atoms with van der Waals surface area (Å²) < 4.78 is 5.25. The first-order valence-corrected chi connectivity index (χ1v) is 10.8. The van der Waals surface area contributed by atoms with Gasteiger partial charge in [0.15, 0.2) is 0 Å².